The maximum Gasteiger partial charge on any atom is 0.118 e. The van der Waals surface area contributed by atoms with Crippen molar-refractivity contribution in [1.29, 1.82) is 0 Å². The normalized spacial score (nSPS) is 9.93. The van der Waals surface area contributed by atoms with Gasteiger partial charge in [0.2, 0.25) is 0 Å². The quantitative estimate of drug-likeness (QED) is 0.327. The van der Waals surface area contributed by atoms with Gasteiger partial charge in [-0.1, -0.05) is 45.9 Å². The van der Waals surface area contributed by atoms with E-state index in [9.17, 15) is 0 Å². The lowest BCUT2D eigenvalue weighted by atomic mass is 10.2. The van der Waals surface area contributed by atoms with Crippen LogP contribution >= 0.6 is 46.4 Å². The van der Waals surface area contributed by atoms with E-state index in [1.165, 1.54) is 11.1 Å². The van der Waals surface area contributed by atoms with Crippen LogP contribution in [0.3, 0.4) is 0 Å². The Morgan fingerprint density at radius 2 is 1.00 bits per heavy atom. The standard InChI is InChI=1S/C20H28N2O2S2.2ClH/c1-23-19-7-3-17(4-8-19)15-21-11-13-25-26-14-12-22-16-18-5-9-20(24-2)10-6-18;;/h3-10,21-22H,11-16H2,1-2H3;2*1H. The summed E-state index contributed by atoms with van der Waals surface area (Å²) in [6.45, 7) is 3.84. The van der Waals surface area contributed by atoms with Crippen molar-refractivity contribution in [3.05, 3.63) is 59.7 Å². The van der Waals surface area contributed by atoms with Gasteiger partial charge in [-0.15, -0.1) is 24.8 Å². The summed E-state index contributed by atoms with van der Waals surface area (Å²) in [6, 6.07) is 16.4. The maximum absolute atomic E-state index is 5.16. The van der Waals surface area contributed by atoms with Gasteiger partial charge in [-0.25, -0.2) is 0 Å². The molecule has 8 heteroatoms. The van der Waals surface area contributed by atoms with Crippen molar-refractivity contribution in [2.45, 2.75) is 13.1 Å². The molecular weight excluding hydrogens is 435 g/mol. The molecule has 0 unspecified atom stereocenters. The SMILES string of the molecule is COc1ccc(CNCCSSCCNCc2ccc(OC)cc2)cc1.Cl.Cl. The fourth-order valence-corrected chi connectivity index (χ4v) is 4.20. The molecule has 0 saturated heterocycles. The number of nitrogens with one attached hydrogen (secondary N) is 2. The molecule has 2 aromatic carbocycles. The zero-order chi connectivity index (χ0) is 18.5. The van der Waals surface area contributed by atoms with Gasteiger partial charge in [0.05, 0.1) is 14.2 Å². The molecule has 0 aliphatic rings. The fourth-order valence-electron chi connectivity index (χ4n) is 2.30. The summed E-state index contributed by atoms with van der Waals surface area (Å²) in [7, 11) is 7.23. The Labute approximate surface area is 189 Å². The highest BCUT2D eigenvalue weighted by Crippen LogP contribution is 2.19. The zero-order valence-electron chi connectivity index (χ0n) is 16.3. The van der Waals surface area contributed by atoms with Gasteiger partial charge in [-0.2, -0.15) is 0 Å². The highest BCUT2D eigenvalue weighted by Gasteiger charge is 1.97. The first-order valence-corrected chi connectivity index (χ1v) is 11.2. The fraction of sp³-hybridized carbons (Fsp3) is 0.400. The summed E-state index contributed by atoms with van der Waals surface area (Å²) in [6.07, 6.45) is 0. The van der Waals surface area contributed by atoms with Crippen molar-refractivity contribution in [3.63, 3.8) is 0 Å². The predicted molar refractivity (Wildman–Crippen MR) is 129 cm³/mol. The first-order chi connectivity index (χ1) is 12.8. The largest absolute Gasteiger partial charge is 0.497 e. The second kappa shape index (κ2) is 17.1. The first-order valence-electron chi connectivity index (χ1n) is 8.73. The molecule has 0 aromatic heterocycles. The summed E-state index contributed by atoms with van der Waals surface area (Å²) in [4.78, 5) is 0. The molecule has 0 aliphatic carbocycles. The number of hydrogen-bond donors (Lipinski definition) is 2. The highest BCUT2D eigenvalue weighted by atomic mass is 35.5. The van der Waals surface area contributed by atoms with Crippen LogP contribution < -0.4 is 20.1 Å². The topological polar surface area (TPSA) is 42.5 Å². The molecule has 2 rings (SSSR count). The number of hydrogen-bond acceptors (Lipinski definition) is 6. The van der Waals surface area contributed by atoms with Crippen LogP contribution in [-0.4, -0.2) is 38.8 Å². The van der Waals surface area contributed by atoms with Crippen molar-refractivity contribution < 1.29 is 9.47 Å². The van der Waals surface area contributed by atoms with Crippen LogP contribution in [0.25, 0.3) is 0 Å². The minimum absolute atomic E-state index is 0. The van der Waals surface area contributed by atoms with Crippen LogP contribution in [-0.2, 0) is 13.1 Å². The number of benzene rings is 2. The van der Waals surface area contributed by atoms with Crippen LogP contribution in [0.2, 0.25) is 0 Å². The highest BCUT2D eigenvalue weighted by molar-refractivity contribution is 8.76. The molecule has 2 N–H and O–H groups in total. The summed E-state index contributed by atoms with van der Waals surface area (Å²) in [5.74, 6) is 4.03. The molecule has 0 fully saturated rings. The van der Waals surface area contributed by atoms with E-state index in [4.69, 9.17) is 9.47 Å². The summed E-state index contributed by atoms with van der Waals surface area (Å²) < 4.78 is 10.3. The van der Waals surface area contributed by atoms with E-state index >= 15 is 0 Å². The van der Waals surface area contributed by atoms with Crippen molar-refractivity contribution in [2.24, 2.45) is 0 Å². The molecule has 0 radical (unpaired) electrons. The van der Waals surface area contributed by atoms with E-state index in [1.54, 1.807) is 14.2 Å². The molecule has 0 spiro atoms. The Morgan fingerprint density at radius 1 is 0.643 bits per heavy atom. The minimum atomic E-state index is 0. The van der Waals surface area contributed by atoms with Crippen LogP contribution in [0.1, 0.15) is 11.1 Å². The second-order valence-electron chi connectivity index (χ2n) is 5.69. The van der Waals surface area contributed by atoms with E-state index in [-0.39, 0.29) is 24.8 Å². The van der Waals surface area contributed by atoms with Gasteiger partial charge in [0.1, 0.15) is 11.5 Å². The lowest BCUT2D eigenvalue weighted by Crippen LogP contribution is -2.17. The van der Waals surface area contributed by atoms with Gasteiger partial charge in [0, 0.05) is 37.7 Å². The molecule has 0 atom stereocenters. The Bertz CT molecular complexity index is 561. The zero-order valence-corrected chi connectivity index (χ0v) is 19.6. The molecule has 2 aromatic rings. The lowest BCUT2D eigenvalue weighted by Gasteiger charge is -2.07. The maximum atomic E-state index is 5.16. The second-order valence-corrected chi connectivity index (χ2v) is 8.40. The van der Waals surface area contributed by atoms with Crippen molar-refractivity contribution >= 4 is 46.4 Å². The molecule has 158 valence electrons. The van der Waals surface area contributed by atoms with Crippen LogP contribution in [0, 0.1) is 0 Å². The molecule has 0 heterocycles. The molecule has 0 bridgehead atoms. The Kier molecular flexibility index (Phi) is 16.7. The van der Waals surface area contributed by atoms with Gasteiger partial charge in [-0.05, 0) is 35.4 Å². The number of ether oxygens (including phenoxy) is 2. The van der Waals surface area contributed by atoms with Crippen molar-refractivity contribution in [3.8, 4) is 11.5 Å². The van der Waals surface area contributed by atoms with Crippen molar-refractivity contribution in [2.75, 3.05) is 38.8 Å². The van der Waals surface area contributed by atoms with E-state index < -0.39 is 0 Å². The van der Waals surface area contributed by atoms with Crippen molar-refractivity contribution in [1.82, 2.24) is 10.6 Å². The third-order valence-corrected chi connectivity index (χ3v) is 6.19. The Morgan fingerprint density at radius 3 is 1.32 bits per heavy atom. The van der Waals surface area contributed by atoms with E-state index in [0.717, 1.165) is 49.2 Å². The average Bonchev–Trinajstić information content (AvgIpc) is 2.70. The smallest absolute Gasteiger partial charge is 0.118 e. The van der Waals surface area contributed by atoms with Crippen LogP contribution in [0.4, 0.5) is 0 Å². The minimum Gasteiger partial charge on any atom is -0.497 e. The number of methoxy groups -OCH3 is 2. The van der Waals surface area contributed by atoms with Gasteiger partial charge < -0.3 is 20.1 Å². The third-order valence-electron chi connectivity index (χ3n) is 3.78. The monoisotopic (exact) mass is 464 g/mol. The number of rotatable bonds is 13. The van der Waals surface area contributed by atoms with Gasteiger partial charge in [0.25, 0.3) is 0 Å². The molecule has 0 amide bonds. The summed E-state index contributed by atoms with van der Waals surface area (Å²) in [5, 5.41) is 6.94. The first kappa shape index (κ1) is 27.2. The number of halogens is 2. The molecule has 0 aliphatic heterocycles. The molecule has 28 heavy (non-hydrogen) atoms. The van der Waals surface area contributed by atoms with Gasteiger partial charge in [-0.3, -0.25) is 0 Å². The van der Waals surface area contributed by atoms with Gasteiger partial charge in [0.15, 0.2) is 0 Å². The molecule has 4 nitrogen and oxygen atoms in total. The van der Waals surface area contributed by atoms with E-state index in [0.29, 0.717) is 0 Å². The van der Waals surface area contributed by atoms with Crippen LogP contribution in [0.15, 0.2) is 48.5 Å². The average molecular weight is 466 g/mol. The molecular formula is C20H30Cl2N2O2S2. The summed E-state index contributed by atoms with van der Waals surface area (Å²) >= 11 is 0. The lowest BCUT2D eigenvalue weighted by molar-refractivity contribution is 0.414. The predicted octanol–water partition coefficient (Wildman–Crippen LogP) is 4.81. The van der Waals surface area contributed by atoms with Gasteiger partial charge >= 0.3 is 0 Å². The van der Waals surface area contributed by atoms with E-state index in [1.807, 2.05) is 45.9 Å². The Hall–Kier alpha value is -0.760. The van der Waals surface area contributed by atoms with Crippen LogP contribution in [0.5, 0.6) is 11.5 Å². The summed E-state index contributed by atoms with van der Waals surface area (Å²) in [5.41, 5.74) is 2.57. The third kappa shape index (κ3) is 11.3. The molecule has 0 saturated carbocycles. The Balaban J connectivity index is 0.00000364. The van der Waals surface area contributed by atoms with E-state index in [2.05, 4.69) is 34.9 Å².